The topological polar surface area (TPSA) is 38.8 Å². The highest BCUT2D eigenvalue weighted by molar-refractivity contribution is 5.64. The van der Waals surface area contributed by atoms with E-state index >= 15 is 0 Å². The molecule has 0 radical (unpaired) electrons. The lowest BCUT2D eigenvalue weighted by Crippen LogP contribution is -2.23. The molecule has 182 valence electrons. The fraction of sp³-hybridized carbons (Fsp3) is 0.500. The number of rotatable bonds is 12. The van der Waals surface area contributed by atoms with Gasteiger partial charge in [0.2, 0.25) is 0 Å². The van der Waals surface area contributed by atoms with Crippen molar-refractivity contribution >= 4 is 6.29 Å². The molecule has 0 spiro atoms. The van der Waals surface area contributed by atoms with Gasteiger partial charge in [-0.05, 0) is 73.7 Å². The van der Waals surface area contributed by atoms with Crippen molar-refractivity contribution in [2.24, 2.45) is 0 Å². The molecule has 0 bridgehead atoms. The van der Waals surface area contributed by atoms with Crippen LogP contribution in [0.15, 0.2) is 36.4 Å². The molecule has 0 amide bonds. The van der Waals surface area contributed by atoms with Crippen molar-refractivity contribution in [2.45, 2.75) is 51.1 Å². The van der Waals surface area contributed by atoms with Crippen molar-refractivity contribution in [1.29, 1.82) is 0 Å². The maximum atomic E-state index is 13.5. The first-order chi connectivity index (χ1) is 15.6. The number of hydrogen-bond acceptors (Lipinski definition) is 4. The average Bonchev–Trinajstić information content (AvgIpc) is 2.79. The highest BCUT2D eigenvalue weighted by atomic mass is 19.4. The van der Waals surface area contributed by atoms with Crippen LogP contribution in [0.4, 0.5) is 13.2 Å². The fourth-order valence-corrected chi connectivity index (χ4v) is 4.14. The molecule has 2 rings (SSSR count). The van der Waals surface area contributed by atoms with E-state index in [9.17, 15) is 18.0 Å². The summed E-state index contributed by atoms with van der Waals surface area (Å²) in [7, 11) is 5.20. The Bertz CT molecular complexity index is 912. The van der Waals surface area contributed by atoms with E-state index in [2.05, 4.69) is 4.90 Å². The number of benzene rings is 2. The van der Waals surface area contributed by atoms with Gasteiger partial charge in [-0.25, -0.2) is 0 Å². The third-order valence-corrected chi connectivity index (χ3v) is 5.87. The van der Waals surface area contributed by atoms with E-state index in [1.165, 1.54) is 6.07 Å². The van der Waals surface area contributed by atoms with Crippen LogP contribution in [-0.2, 0) is 17.4 Å². The highest BCUT2D eigenvalue weighted by Gasteiger charge is 2.35. The number of likely N-dealkylation sites (N-methyl/N-ethyl adjacent to an activating group) is 1. The molecule has 0 saturated heterocycles. The summed E-state index contributed by atoms with van der Waals surface area (Å²) in [6.45, 7) is 5.02. The molecule has 1 atom stereocenters. The Morgan fingerprint density at radius 3 is 2.30 bits per heavy atom. The van der Waals surface area contributed by atoms with Gasteiger partial charge in [0.15, 0.2) is 11.5 Å². The van der Waals surface area contributed by atoms with Crippen LogP contribution < -0.4 is 9.47 Å². The van der Waals surface area contributed by atoms with E-state index in [-0.39, 0.29) is 11.5 Å². The van der Waals surface area contributed by atoms with Crippen molar-refractivity contribution < 1.29 is 27.4 Å². The summed E-state index contributed by atoms with van der Waals surface area (Å²) in [6, 6.07) is 9.99. The summed E-state index contributed by atoms with van der Waals surface area (Å²) in [5.41, 5.74) is 1.19. The molecule has 0 N–H and O–H groups in total. The van der Waals surface area contributed by atoms with E-state index in [0.29, 0.717) is 29.9 Å². The largest absolute Gasteiger partial charge is 0.493 e. The van der Waals surface area contributed by atoms with Crippen molar-refractivity contribution in [3.05, 3.63) is 58.7 Å². The first-order valence-corrected chi connectivity index (χ1v) is 11.2. The van der Waals surface area contributed by atoms with E-state index in [1.54, 1.807) is 34.1 Å². The zero-order valence-corrected chi connectivity index (χ0v) is 20.0. The smallest absolute Gasteiger partial charge is 0.416 e. The fourth-order valence-electron chi connectivity index (χ4n) is 4.14. The molecule has 2 aromatic rings. The van der Waals surface area contributed by atoms with Gasteiger partial charge in [-0.15, -0.1) is 0 Å². The molecule has 0 aliphatic rings. The predicted octanol–water partition coefficient (Wildman–Crippen LogP) is 6.08. The second-order valence-electron chi connectivity index (χ2n) is 8.59. The molecule has 4 nitrogen and oxygen atoms in total. The SMILES string of the molecule is COc1ccc(CCN(C)CCCC(C=O)c2cccc(C(F)(F)F)c2C(C)C)cc1OC. The summed E-state index contributed by atoms with van der Waals surface area (Å²) in [4.78, 5) is 14.0. The normalized spacial score (nSPS) is 12.8. The summed E-state index contributed by atoms with van der Waals surface area (Å²) in [5, 5.41) is 0. The Morgan fingerprint density at radius 2 is 1.73 bits per heavy atom. The number of alkyl halides is 3. The first-order valence-electron chi connectivity index (χ1n) is 11.2. The van der Waals surface area contributed by atoms with Crippen LogP contribution in [0.5, 0.6) is 11.5 Å². The Kier molecular flexibility index (Phi) is 9.77. The minimum Gasteiger partial charge on any atom is -0.493 e. The lowest BCUT2D eigenvalue weighted by atomic mass is 9.84. The molecule has 7 heteroatoms. The molecule has 0 aliphatic heterocycles. The molecule has 33 heavy (non-hydrogen) atoms. The molecule has 0 saturated carbocycles. The van der Waals surface area contributed by atoms with Crippen LogP contribution in [0.3, 0.4) is 0 Å². The predicted molar refractivity (Wildman–Crippen MR) is 124 cm³/mol. The maximum Gasteiger partial charge on any atom is 0.416 e. The summed E-state index contributed by atoms with van der Waals surface area (Å²) >= 11 is 0. The number of nitrogens with zero attached hydrogens (tertiary/aromatic N) is 1. The van der Waals surface area contributed by atoms with Crippen molar-refractivity contribution in [3.63, 3.8) is 0 Å². The molecular formula is C26H34F3NO3. The van der Waals surface area contributed by atoms with Gasteiger partial charge in [0.1, 0.15) is 6.29 Å². The van der Waals surface area contributed by atoms with Crippen LogP contribution >= 0.6 is 0 Å². The van der Waals surface area contributed by atoms with Gasteiger partial charge in [0.25, 0.3) is 0 Å². The van der Waals surface area contributed by atoms with Crippen LogP contribution in [-0.4, -0.2) is 45.5 Å². The van der Waals surface area contributed by atoms with Gasteiger partial charge in [0, 0.05) is 12.5 Å². The second-order valence-corrected chi connectivity index (χ2v) is 8.59. The highest BCUT2D eigenvalue weighted by Crippen LogP contribution is 2.39. The number of carbonyl (C=O) groups excluding carboxylic acids is 1. The minimum absolute atomic E-state index is 0.226. The molecule has 0 fully saturated rings. The number of ether oxygens (including phenoxy) is 2. The molecule has 1 unspecified atom stereocenters. The lowest BCUT2D eigenvalue weighted by molar-refractivity contribution is -0.138. The quantitative estimate of drug-likeness (QED) is 0.356. The van der Waals surface area contributed by atoms with Crippen molar-refractivity contribution in [3.8, 4) is 11.5 Å². The monoisotopic (exact) mass is 465 g/mol. The van der Waals surface area contributed by atoms with Gasteiger partial charge >= 0.3 is 6.18 Å². The summed E-state index contributed by atoms with van der Waals surface area (Å²) < 4.78 is 51.2. The number of carbonyl (C=O) groups is 1. The van der Waals surface area contributed by atoms with Crippen molar-refractivity contribution in [2.75, 3.05) is 34.4 Å². The number of hydrogen-bond donors (Lipinski definition) is 0. The van der Waals surface area contributed by atoms with Gasteiger partial charge in [0.05, 0.1) is 19.8 Å². The molecule has 0 aromatic heterocycles. The van der Waals surface area contributed by atoms with Gasteiger partial charge < -0.3 is 19.2 Å². The van der Waals surface area contributed by atoms with Crippen LogP contribution in [0, 0.1) is 0 Å². The van der Waals surface area contributed by atoms with E-state index in [4.69, 9.17) is 9.47 Å². The number of halogens is 3. The third-order valence-electron chi connectivity index (χ3n) is 5.87. The van der Waals surface area contributed by atoms with Crippen LogP contribution in [0.1, 0.15) is 60.8 Å². The Balaban J connectivity index is 1.98. The Morgan fingerprint density at radius 1 is 1.03 bits per heavy atom. The first kappa shape index (κ1) is 26.7. The van der Waals surface area contributed by atoms with E-state index in [0.717, 1.165) is 37.4 Å². The Labute approximate surface area is 194 Å². The number of aldehydes is 1. The zero-order chi connectivity index (χ0) is 24.6. The van der Waals surface area contributed by atoms with Gasteiger partial charge in [-0.2, -0.15) is 13.2 Å². The minimum atomic E-state index is -4.44. The van der Waals surface area contributed by atoms with E-state index < -0.39 is 17.7 Å². The maximum absolute atomic E-state index is 13.5. The molecular weight excluding hydrogens is 431 g/mol. The van der Waals surface area contributed by atoms with Gasteiger partial charge in [-0.3, -0.25) is 0 Å². The lowest BCUT2D eigenvalue weighted by Gasteiger charge is -2.23. The standard InChI is InChI=1S/C26H34F3NO3/c1-18(2)25-21(9-6-10-22(25)26(27,28)29)20(17-31)8-7-14-30(3)15-13-19-11-12-23(32-4)24(16-19)33-5/h6,9-12,16-18,20H,7-8,13-15H2,1-5H3. The second kappa shape index (κ2) is 12.1. The van der Waals surface area contributed by atoms with Gasteiger partial charge in [-0.1, -0.05) is 32.0 Å². The molecule has 2 aromatic carbocycles. The third kappa shape index (κ3) is 7.22. The molecule has 0 heterocycles. The van der Waals surface area contributed by atoms with E-state index in [1.807, 2.05) is 25.2 Å². The Hall–Kier alpha value is -2.54. The number of methoxy groups -OCH3 is 2. The van der Waals surface area contributed by atoms with Crippen LogP contribution in [0.25, 0.3) is 0 Å². The zero-order valence-electron chi connectivity index (χ0n) is 20.0. The summed E-state index contributed by atoms with van der Waals surface area (Å²) in [5.74, 6) is 0.492. The molecule has 0 aliphatic carbocycles. The van der Waals surface area contributed by atoms with Crippen LogP contribution in [0.2, 0.25) is 0 Å². The van der Waals surface area contributed by atoms with Crippen molar-refractivity contribution in [1.82, 2.24) is 4.90 Å². The summed E-state index contributed by atoms with van der Waals surface area (Å²) in [6.07, 6.45) is -1.62. The average molecular weight is 466 g/mol.